The molecule has 12 unspecified atom stereocenters. The Bertz CT molecular complexity index is 1940. The van der Waals surface area contributed by atoms with Crippen LogP contribution in [0, 0.1) is 0 Å². The highest BCUT2D eigenvalue weighted by Gasteiger charge is 2.51. The fourth-order valence-electron chi connectivity index (χ4n) is 9.85. The van der Waals surface area contributed by atoms with Gasteiger partial charge in [0.05, 0.1) is 32.0 Å². The Labute approximate surface area is 513 Å². The van der Waals surface area contributed by atoms with Gasteiger partial charge in [0, 0.05) is 6.42 Å². The first kappa shape index (κ1) is 77.2. The summed E-state index contributed by atoms with van der Waals surface area (Å²) in [6, 6.07) is -0.939. The third kappa shape index (κ3) is 38.9. The molecule has 0 spiro atoms. The monoisotopic (exact) mass is 1190 g/mol. The van der Waals surface area contributed by atoms with Crippen molar-refractivity contribution in [3.8, 4) is 0 Å². The zero-order valence-electron chi connectivity index (χ0n) is 52.3. The van der Waals surface area contributed by atoms with Crippen molar-refractivity contribution in [1.29, 1.82) is 0 Å². The van der Waals surface area contributed by atoms with E-state index in [-0.39, 0.29) is 18.9 Å². The van der Waals surface area contributed by atoms with Crippen LogP contribution in [0.2, 0.25) is 0 Å². The summed E-state index contributed by atoms with van der Waals surface area (Å²) >= 11 is 0. The van der Waals surface area contributed by atoms with Gasteiger partial charge in [0.2, 0.25) is 5.91 Å². The first-order valence-corrected chi connectivity index (χ1v) is 32.9. The second-order valence-corrected chi connectivity index (χ2v) is 22.5. The van der Waals surface area contributed by atoms with E-state index in [2.05, 4.69) is 141 Å². The summed E-state index contributed by atoms with van der Waals surface area (Å²) in [6.45, 7) is 2.65. The molecule has 0 aromatic heterocycles. The zero-order chi connectivity index (χ0) is 61.6. The number of hydrogen-bond donors (Lipinski definition) is 9. The molecule has 2 rings (SSSR count). The Kier molecular flexibility index (Phi) is 49.3. The molecule has 2 saturated heterocycles. The third-order valence-corrected chi connectivity index (χ3v) is 15.1. The molecule has 0 bridgehead atoms. The van der Waals surface area contributed by atoms with Crippen molar-refractivity contribution in [3.05, 3.63) is 134 Å². The predicted molar refractivity (Wildman–Crippen MR) is 345 cm³/mol. The van der Waals surface area contributed by atoms with E-state index >= 15 is 0 Å². The van der Waals surface area contributed by atoms with Crippen molar-refractivity contribution >= 4 is 5.91 Å². The standard InChI is InChI=1S/C71H117NO13/c1-3-5-7-9-11-13-15-17-19-21-22-23-24-25-26-27-28-29-30-31-32-33-34-35-36-37-38-39-41-43-45-47-49-51-53-55-63(76)72-59(60(75)54-52-50-48-46-44-42-40-20-18-16-14-12-10-8-6-4-2)58-82-70-68(81)66(79)69(62(57-74)84-70)85-71-67(80)65(78)64(77)61(56-73)83-71/h5,7,11,13,17,19,22-23,25-26,28-29,31-32,34-35,37-38,41,43,52,54,59-62,64-71,73-75,77-81H,3-4,6,8-10,12,14-16,18,20-21,24,27,30,33,36,39-40,42,44-51,53,55-58H2,1-2H3,(H,72,76)/b7-5-,13-11-,19-17-,23-22-,26-25-,29-28-,32-31-,35-34-,38-37-,43-41-,54-52+. The van der Waals surface area contributed by atoms with Gasteiger partial charge in [-0.2, -0.15) is 0 Å². The van der Waals surface area contributed by atoms with Crippen LogP contribution in [0.25, 0.3) is 0 Å². The van der Waals surface area contributed by atoms with E-state index in [1.54, 1.807) is 6.08 Å². The van der Waals surface area contributed by atoms with Crippen molar-refractivity contribution in [3.63, 3.8) is 0 Å². The summed E-state index contributed by atoms with van der Waals surface area (Å²) in [5.74, 6) is -0.269. The molecule has 0 radical (unpaired) electrons. The molecule has 12 atom stereocenters. The number of ether oxygens (including phenoxy) is 4. The Balaban J connectivity index is 1.71. The van der Waals surface area contributed by atoms with Crippen LogP contribution in [0.15, 0.2) is 134 Å². The minimum absolute atomic E-state index is 0.243. The van der Waals surface area contributed by atoms with E-state index < -0.39 is 86.8 Å². The molecule has 2 fully saturated rings. The summed E-state index contributed by atoms with van der Waals surface area (Å²) in [4.78, 5) is 13.3. The van der Waals surface area contributed by atoms with Gasteiger partial charge in [-0.1, -0.05) is 244 Å². The van der Waals surface area contributed by atoms with E-state index in [9.17, 15) is 45.6 Å². The van der Waals surface area contributed by atoms with Gasteiger partial charge in [0.1, 0.15) is 48.8 Å². The van der Waals surface area contributed by atoms with Gasteiger partial charge in [-0.15, -0.1) is 0 Å². The lowest BCUT2D eigenvalue weighted by atomic mass is 9.97. The molecule has 1 amide bonds. The van der Waals surface area contributed by atoms with Crippen molar-refractivity contribution in [2.45, 2.75) is 286 Å². The average Bonchev–Trinajstić information content (AvgIpc) is 3.70. The molecule has 85 heavy (non-hydrogen) atoms. The van der Waals surface area contributed by atoms with Gasteiger partial charge < -0.3 is 65.1 Å². The number of carbonyl (C=O) groups is 1. The van der Waals surface area contributed by atoms with E-state index in [0.29, 0.717) is 6.42 Å². The van der Waals surface area contributed by atoms with Gasteiger partial charge in [-0.25, -0.2) is 0 Å². The van der Waals surface area contributed by atoms with E-state index in [1.807, 2.05) is 6.08 Å². The van der Waals surface area contributed by atoms with Crippen LogP contribution in [0.4, 0.5) is 0 Å². The number of nitrogens with one attached hydrogen (secondary N) is 1. The maximum atomic E-state index is 13.3. The number of amides is 1. The molecule has 2 aliphatic heterocycles. The number of aliphatic hydroxyl groups excluding tert-OH is 8. The highest BCUT2D eigenvalue weighted by atomic mass is 16.7. The molecule has 484 valence electrons. The molecule has 9 N–H and O–H groups in total. The number of rotatable bonds is 51. The number of carbonyl (C=O) groups excluding carboxylic acids is 1. The van der Waals surface area contributed by atoms with Crippen LogP contribution in [-0.4, -0.2) is 140 Å². The van der Waals surface area contributed by atoms with E-state index in [1.165, 1.54) is 77.0 Å². The first-order valence-electron chi connectivity index (χ1n) is 32.9. The molecule has 14 nitrogen and oxygen atoms in total. The van der Waals surface area contributed by atoms with Gasteiger partial charge in [0.25, 0.3) is 0 Å². The van der Waals surface area contributed by atoms with Gasteiger partial charge in [-0.05, 0) is 96.3 Å². The Morgan fingerprint density at radius 1 is 0.435 bits per heavy atom. The molecule has 0 aromatic rings. The molecule has 0 saturated carbocycles. The molecular weight excluding hydrogens is 1070 g/mol. The largest absolute Gasteiger partial charge is 0.394 e. The topological polar surface area (TPSA) is 228 Å². The number of aliphatic hydroxyl groups is 8. The second kappa shape index (κ2) is 54.3. The molecular formula is C71H117NO13. The van der Waals surface area contributed by atoms with E-state index in [4.69, 9.17) is 18.9 Å². The molecule has 2 aliphatic rings. The maximum Gasteiger partial charge on any atom is 0.220 e. The van der Waals surface area contributed by atoms with E-state index in [0.717, 1.165) is 109 Å². The van der Waals surface area contributed by atoms with Crippen LogP contribution < -0.4 is 5.32 Å². The van der Waals surface area contributed by atoms with Crippen LogP contribution >= 0.6 is 0 Å². The summed E-state index contributed by atoms with van der Waals surface area (Å²) in [6.07, 6.45) is 63.4. The molecule has 14 heteroatoms. The summed E-state index contributed by atoms with van der Waals surface area (Å²) in [5.41, 5.74) is 0. The minimum atomic E-state index is -1.80. The van der Waals surface area contributed by atoms with Crippen LogP contribution in [0.3, 0.4) is 0 Å². The Hall–Kier alpha value is -3.87. The average molecular weight is 1190 g/mol. The van der Waals surface area contributed by atoms with Gasteiger partial charge in [-0.3, -0.25) is 4.79 Å². The van der Waals surface area contributed by atoms with Crippen molar-refractivity contribution in [2.75, 3.05) is 19.8 Å². The second-order valence-electron chi connectivity index (χ2n) is 22.5. The fraction of sp³-hybridized carbons (Fsp3) is 0.676. The summed E-state index contributed by atoms with van der Waals surface area (Å²) in [7, 11) is 0. The summed E-state index contributed by atoms with van der Waals surface area (Å²) in [5, 5.41) is 87.2. The highest BCUT2D eigenvalue weighted by Crippen LogP contribution is 2.30. The van der Waals surface area contributed by atoms with Crippen LogP contribution in [-0.2, 0) is 23.7 Å². The minimum Gasteiger partial charge on any atom is -0.394 e. The lowest BCUT2D eigenvalue weighted by Crippen LogP contribution is -2.65. The Morgan fingerprint density at radius 3 is 1.25 bits per heavy atom. The first-order chi connectivity index (χ1) is 41.6. The number of hydrogen-bond acceptors (Lipinski definition) is 13. The Morgan fingerprint density at radius 2 is 0.812 bits per heavy atom. The maximum absolute atomic E-state index is 13.3. The molecule has 0 aromatic carbocycles. The van der Waals surface area contributed by atoms with Crippen LogP contribution in [0.1, 0.15) is 213 Å². The lowest BCUT2D eigenvalue weighted by Gasteiger charge is -2.46. The smallest absolute Gasteiger partial charge is 0.220 e. The molecule has 0 aliphatic carbocycles. The number of unbranched alkanes of at least 4 members (excludes halogenated alkanes) is 18. The predicted octanol–water partition coefficient (Wildman–Crippen LogP) is 12.7. The highest BCUT2D eigenvalue weighted by molar-refractivity contribution is 5.76. The fourth-order valence-corrected chi connectivity index (χ4v) is 9.85. The van der Waals surface area contributed by atoms with Gasteiger partial charge >= 0.3 is 0 Å². The zero-order valence-corrected chi connectivity index (χ0v) is 52.3. The normalized spacial score (nSPS) is 24.4. The SMILES string of the molecule is CC/C=C\C/C=C\C/C=C\C/C=C\C/C=C\C/C=C\C/C=C\C/C=C\C/C=C\C/C=C\CCCCCCC(=O)NC(COC1OC(CO)C(OC2OC(CO)C(O)C(O)C2O)C(O)C1O)C(O)/C=C/CCCCCCCCCCCCCCCC. The summed E-state index contributed by atoms with van der Waals surface area (Å²) < 4.78 is 22.8. The molecule has 2 heterocycles. The third-order valence-electron chi connectivity index (χ3n) is 15.1. The van der Waals surface area contributed by atoms with Crippen LogP contribution in [0.5, 0.6) is 0 Å². The van der Waals surface area contributed by atoms with Crippen molar-refractivity contribution in [1.82, 2.24) is 5.32 Å². The number of allylic oxidation sites excluding steroid dienone is 21. The van der Waals surface area contributed by atoms with Gasteiger partial charge in [0.15, 0.2) is 12.6 Å². The quantitative estimate of drug-likeness (QED) is 0.0204. The lowest BCUT2D eigenvalue weighted by molar-refractivity contribution is -0.359. The van der Waals surface area contributed by atoms with Crippen molar-refractivity contribution in [2.24, 2.45) is 0 Å². The van der Waals surface area contributed by atoms with Crippen molar-refractivity contribution < 1.29 is 64.6 Å².